The molecule has 3 atom stereocenters. The van der Waals surface area contributed by atoms with Crippen molar-refractivity contribution in [1.29, 1.82) is 0 Å². The first-order valence-electron chi connectivity index (χ1n) is 8.87. The summed E-state index contributed by atoms with van der Waals surface area (Å²) in [5, 5.41) is 11.0. The summed E-state index contributed by atoms with van der Waals surface area (Å²) in [5.41, 5.74) is -0.424. The SMILES string of the molecule is CN(c1ncnc2[nH]ccc12)C1CC2CN(C(=O)C(C)(C)O)C[C@@H]2C1. The molecule has 7 nitrogen and oxygen atoms in total. The molecule has 134 valence electrons. The predicted octanol–water partition coefficient (Wildman–Crippen LogP) is 1.40. The molecule has 0 radical (unpaired) electrons. The van der Waals surface area contributed by atoms with Gasteiger partial charge in [-0.15, -0.1) is 0 Å². The molecule has 2 aromatic heterocycles. The monoisotopic (exact) mass is 343 g/mol. The molecule has 7 heteroatoms. The molecule has 2 aromatic rings. The minimum Gasteiger partial charge on any atom is -0.381 e. The molecule has 1 amide bonds. The van der Waals surface area contributed by atoms with E-state index in [2.05, 4.69) is 26.9 Å². The quantitative estimate of drug-likeness (QED) is 0.880. The number of carbonyl (C=O) groups excluding carboxylic acids is 1. The molecule has 25 heavy (non-hydrogen) atoms. The van der Waals surface area contributed by atoms with Crippen molar-refractivity contribution in [3.8, 4) is 0 Å². The standard InChI is InChI=1S/C18H25N5O2/c1-18(2,25)17(24)23-8-11-6-13(7-12(11)9-23)22(3)16-14-4-5-19-15(14)20-10-21-16/h4-5,10-13,25H,6-9H2,1-3H3,(H,19,20,21)/t11-,12?,13?/m0/s1. The first kappa shape index (κ1) is 16.3. The number of nitrogens with one attached hydrogen (secondary N) is 1. The highest BCUT2D eigenvalue weighted by molar-refractivity contribution is 5.87. The molecule has 2 N–H and O–H groups in total. The molecular formula is C18H25N5O2. The van der Waals surface area contributed by atoms with E-state index in [4.69, 9.17) is 0 Å². The molecule has 1 saturated heterocycles. The molecule has 0 spiro atoms. The van der Waals surface area contributed by atoms with Gasteiger partial charge < -0.3 is 19.9 Å². The van der Waals surface area contributed by atoms with Gasteiger partial charge in [-0.3, -0.25) is 4.79 Å². The van der Waals surface area contributed by atoms with Crippen molar-refractivity contribution in [2.45, 2.75) is 38.3 Å². The highest BCUT2D eigenvalue weighted by Gasteiger charge is 2.45. The van der Waals surface area contributed by atoms with Gasteiger partial charge in [-0.1, -0.05) is 0 Å². The Morgan fingerprint density at radius 2 is 2.00 bits per heavy atom. The van der Waals surface area contributed by atoms with Crippen LogP contribution in [0.4, 0.5) is 5.82 Å². The number of aromatic nitrogens is 3. The number of nitrogens with zero attached hydrogens (tertiary/aromatic N) is 4. The van der Waals surface area contributed by atoms with Gasteiger partial charge in [-0.25, -0.2) is 9.97 Å². The molecule has 1 saturated carbocycles. The molecule has 0 aromatic carbocycles. The topological polar surface area (TPSA) is 85.4 Å². The number of fused-ring (bicyclic) bond motifs is 2. The second-order valence-corrected chi connectivity index (χ2v) is 7.96. The Kier molecular flexibility index (Phi) is 3.72. The van der Waals surface area contributed by atoms with Gasteiger partial charge in [0.25, 0.3) is 5.91 Å². The lowest BCUT2D eigenvalue weighted by Gasteiger charge is -2.29. The van der Waals surface area contributed by atoms with Crippen LogP contribution < -0.4 is 4.90 Å². The Hall–Kier alpha value is -2.15. The minimum atomic E-state index is -1.28. The molecule has 2 fully saturated rings. The van der Waals surface area contributed by atoms with E-state index < -0.39 is 5.60 Å². The number of anilines is 1. The Morgan fingerprint density at radius 1 is 1.32 bits per heavy atom. The maximum absolute atomic E-state index is 12.3. The summed E-state index contributed by atoms with van der Waals surface area (Å²) in [6.07, 6.45) is 5.59. The summed E-state index contributed by atoms with van der Waals surface area (Å²) in [6.45, 7) is 4.64. The highest BCUT2D eigenvalue weighted by Crippen LogP contribution is 2.41. The van der Waals surface area contributed by atoms with Gasteiger partial charge in [0.1, 0.15) is 23.4 Å². The van der Waals surface area contributed by atoms with Crippen LogP contribution in [0.2, 0.25) is 0 Å². The lowest BCUT2D eigenvalue weighted by Crippen LogP contribution is -2.45. The Balaban J connectivity index is 1.46. The summed E-state index contributed by atoms with van der Waals surface area (Å²) in [7, 11) is 2.10. The zero-order chi connectivity index (χ0) is 17.8. The van der Waals surface area contributed by atoms with Gasteiger partial charge in [-0.2, -0.15) is 0 Å². The van der Waals surface area contributed by atoms with Crippen LogP contribution in [-0.4, -0.2) is 62.6 Å². The van der Waals surface area contributed by atoms with E-state index in [0.29, 0.717) is 17.9 Å². The zero-order valence-electron chi connectivity index (χ0n) is 14.9. The fourth-order valence-corrected chi connectivity index (χ4v) is 4.45. The van der Waals surface area contributed by atoms with E-state index in [1.807, 2.05) is 17.2 Å². The Bertz CT molecular complexity index is 782. The van der Waals surface area contributed by atoms with Crippen molar-refractivity contribution in [2.24, 2.45) is 11.8 Å². The zero-order valence-corrected chi connectivity index (χ0v) is 14.9. The molecule has 0 bridgehead atoms. The minimum absolute atomic E-state index is 0.156. The highest BCUT2D eigenvalue weighted by atomic mass is 16.3. The van der Waals surface area contributed by atoms with Crippen LogP contribution in [0.5, 0.6) is 0 Å². The molecule has 2 unspecified atom stereocenters. The maximum Gasteiger partial charge on any atom is 0.253 e. The van der Waals surface area contributed by atoms with Crippen molar-refractivity contribution in [3.63, 3.8) is 0 Å². The largest absolute Gasteiger partial charge is 0.381 e. The molecule has 2 aliphatic rings. The van der Waals surface area contributed by atoms with E-state index in [1.165, 1.54) is 0 Å². The second-order valence-electron chi connectivity index (χ2n) is 7.96. The van der Waals surface area contributed by atoms with Gasteiger partial charge >= 0.3 is 0 Å². The number of H-pyrrole nitrogens is 1. The van der Waals surface area contributed by atoms with Crippen LogP contribution in [0.15, 0.2) is 18.6 Å². The first-order chi connectivity index (χ1) is 11.8. The van der Waals surface area contributed by atoms with Gasteiger partial charge in [0.15, 0.2) is 0 Å². The van der Waals surface area contributed by atoms with Crippen LogP contribution in [-0.2, 0) is 4.79 Å². The van der Waals surface area contributed by atoms with E-state index >= 15 is 0 Å². The fraction of sp³-hybridized carbons (Fsp3) is 0.611. The van der Waals surface area contributed by atoms with E-state index in [-0.39, 0.29) is 5.91 Å². The molecule has 4 rings (SSSR count). The Morgan fingerprint density at radius 3 is 2.64 bits per heavy atom. The van der Waals surface area contributed by atoms with Crippen LogP contribution in [0.25, 0.3) is 11.0 Å². The second kappa shape index (κ2) is 5.69. The van der Waals surface area contributed by atoms with Gasteiger partial charge in [-0.05, 0) is 44.6 Å². The number of carbonyl (C=O) groups is 1. The molecule has 1 aliphatic heterocycles. The summed E-state index contributed by atoms with van der Waals surface area (Å²) < 4.78 is 0. The Labute approximate surface area is 147 Å². The van der Waals surface area contributed by atoms with Crippen LogP contribution in [0.1, 0.15) is 26.7 Å². The average Bonchev–Trinajstić information content (AvgIpc) is 3.25. The number of aliphatic hydroxyl groups is 1. The summed E-state index contributed by atoms with van der Waals surface area (Å²) in [4.78, 5) is 28.3. The maximum atomic E-state index is 12.3. The molecule has 1 aliphatic carbocycles. The van der Waals surface area contributed by atoms with Crippen LogP contribution in [0, 0.1) is 11.8 Å². The molecule has 3 heterocycles. The number of aromatic amines is 1. The van der Waals surface area contributed by atoms with Gasteiger partial charge in [0.2, 0.25) is 0 Å². The third-order valence-corrected chi connectivity index (χ3v) is 5.75. The van der Waals surface area contributed by atoms with Crippen molar-refractivity contribution in [1.82, 2.24) is 19.9 Å². The normalized spacial score (nSPS) is 26.2. The van der Waals surface area contributed by atoms with Gasteiger partial charge in [0, 0.05) is 32.4 Å². The molecular weight excluding hydrogens is 318 g/mol. The van der Waals surface area contributed by atoms with Crippen molar-refractivity contribution < 1.29 is 9.90 Å². The third-order valence-electron chi connectivity index (χ3n) is 5.75. The lowest BCUT2D eigenvalue weighted by atomic mass is 10.0. The first-order valence-corrected chi connectivity index (χ1v) is 8.87. The number of hydrogen-bond donors (Lipinski definition) is 2. The van der Waals surface area contributed by atoms with E-state index in [9.17, 15) is 9.90 Å². The van der Waals surface area contributed by atoms with E-state index in [1.54, 1.807) is 20.2 Å². The summed E-state index contributed by atoms with van der Waals surface area (Å²) in [5.74, 6) is 1.81. The third kappa shape index (κ3) is 2.76. The van der Waals surface area contributed by atoms with Crippen LogP contribution >= 0.6 is 0 Å². The van der Waals surface area contributed by atoms with Crippen molar-refractivity contribution >= 4 is 22.8 Å². The number of amides is 1. The van der Waals surface area contributed by atoms with E-state index in [0.717, 1.165) is 42.8 Å². The summed E-state index contributed by atoms with van der Waals surface area (Å²) >= 11 is 0. The van der Waals surface area contributed by atoms with Gasteiger partial charge in [0.05, 0.1) is 5.39 Å². The van der Waals surface area contributed by atoms with Crippen molar-refractivity contribution in [2.75, 3.05) is 25.0 Å². The number of rotatable bonds is 3. The smallest absolute Gasteiger partial charge is 0.253 e. The van der Waals surface area contributed by atoms with Crippen LogP contribution in [0.3, 0.4) is 0 Å². The number of hydrogen-bond acceptors (Lipinski definition) is 5. The number of likely N-dealkylation sites (tertiary alicyclic amines) is 1. The summed E-state index contributed by atoms with van der Waals surface area (Å²) in [6, 6.07) is 2.43. The lowest BCUT2D eigenvalue weighted by molar-refractivity contribution is -0.147. The predicted molar refractivity (Wildman–Crippen MR) is 95.2 cm³/mol. The average molecular weight is 343 g/mol. The fourth-order valence-electron chi connectivity index (χ4n) is 4.45. The van der Waals surface area contributed by atoms with Crippen molar-refractivity contribution in [3.05, 3.63) is 18.6 Å².